The van der Waals surface area contributed by atoms with Crippen LogP contribution in [0.2, 0.25) is 5.02 Å². The molecule has 0 atom stereocenters. The number of thioether (sulfide) groups is 1. The first-order chi connectivity index (χ1) is 12.5. The van der Waals surface area contributed by atoms with Crippen LogP contribution >= 0.6 is 23.4 Å². The first-order valence-corrected chi connectivity index (χ1v) is 9.14. The number of rotatable bonds is 4. The fourth-order valence-electron chi connectivity index (χ4n) is 2.52. The second kappa shape index (κ2) is 7.95. The average molecular weight is 389 g/mol. The second-order valence-electron chi connectivity index (χ2n) is 5.64. The van der Waals surface area contributed by atoms with E-state index in [0.29, 0.717) is 15.6 Å². The fourth-order valence-corrected chi connectivity index (χ4v) is 3.70. The van der Waals surface area contributed by atoms with Crippen LogP contribution in [-0.4, -0.2) is 34.4 Å². The van der Waals surface area contributed by atoms with Crippen LogP contribution in [0.4, 0.5) is 5.69 Å². The van der Waals surface area contributed by atoms with Gasteiger partial charge >= 0.3 is 0 Å². The molecule has 2 aromatic rings. The summed E-state index contributed by atoms with van der Waals surface area (Å²) in [7, 11) is 0. The van der Waals surface area contributed by atoms with E-state index >= 15 is 0 Å². The van der Waals surface area contributed by atoms with Gasteiger partial charge in [0.25, 0.3) is 5.91 Å². The normalized spacial score (nSPS) is 17.5. The van der Waals surface area contributed by atoms with Gasteiger partial charge in [0, 0.05) is 0 Å². The molecular formula is C19H17ClN2O3S. The Hall–Kier alpha value is -2.28. The largest absolute Gasteiger partial charge is 0.506 e. The molecule has 1 aliphatic heterocycles. The molecule has 7 heteroatoms. The van der Waals surface area contributed by atoms with Gasteiger partial charge < -0.3 is 10.2 Å². The summed E-state index contributed by atoms with van der Waals surface area (Å²) in [6.07, 6.45) is 1.71. The summed E-state index contributed by atoms with van der Waals surface area (Å²) in [5, 5.41) is 19.4. The van der Waals surface area contributed by atoms with Crippen molar-refractivity contribution < 1.29 is 15.0 Å². The lowest BCUT2D eigenvalue weighted by Crippen LogP contribution is -2.29. The zero-order valence-electron chi connectivity index (χ0n) is 14.0. The van der Waals surface area contributed by atoms with Gasteiger partial charge in [-0.1, -0.05) is 35.9 Å². The molecule has 26 heavy (non-hydrogen) atoms. The Morgan fingerprint density at radius 3 is 2.73 bits per heavy atom. The molecule has 2 aromatic carbocycles. The van der Waals surface area contributed by atoms with Gasteiger partial charge in [0.1, 0.15) is 5.75 Å². The third-order valence-electron chi connectivity index (χ3n) is 3.78. The number of hydrogen-bond acceptors (Lipinski definition) is 5. The van der Waals surface area contributed by atoms with Crippen LogP contribution in [-0.2, 0) is 4.79 Å². The number of carbonyl (C=O) groups excluding carboxylic acids is 1. The van der Waals surface area contributed by atoms with Crippen molar-refractivity contribution in [1.29, 1.82) is 0 Å². The van der Waals surface area contributed by atoms with E-state index in [1.54, 1.807) is 23.1 Å². The quantitative estimate of drug-likeness (QED) is 0.781. The zero-order chi connectivity index (χ0) is 18.7. The third-order valence-corrected chi connectivity index (χ3v) is 5.09. The number of amides is 1. The number of phenols is 1. The van der Waals surface area contributed by atoms with Crippen LogP contribution < -0.4 is 4.90 Å². The minimum atomic E-state index is -0.190. The molecule has 0 radical (unpaired) electrons. The average Bonchev–Trinajstić information content (AvgIpc) is 2.92. The molecule has 0 bridgehead atoms. The summed E-state index contributed by atoms with van der Waals surface area (Å²) in [5.41, 5.74) is 2.41. The molecule has 0 saturated carbocycles. The molecule has 0 spiro atoms. The minimum absolute atomic E-state index is 0.00838. The number of benzene rings is 2. The van der Waals surface area contributed by atoms with Crippen molar-refractivity contribution in [2.45, 2.75) is 6.92 Å². The molecule has 0 unspecified atom stereocenters. The highest BCUT2D eigenvalue weighted by Gasteiger charge is 2.35. The van der Waals surface area contributed by atoms with Crippen molar-refractivity contribution in [2.24, 2.45) is 4.99 Å². The number of aryl methyl sites for hydroxylation is 1. The number of aromatic hydroxyl groups is 1. The summed E-state index contributed by atoms with van der Waals surface area (Å²) < 4.78 is 0. The first kappa shape index (κ1) is 18.5. The first-order valence-electron chi connectivity index (χ1n) is 7.94. The number of phenolic OH excluding ortho intramolecular Hbond substituents is 1. The van der Waals surface area contributed by atoms with Crippen LogP contribution in [0, 0.1) is 6.92 Å². The Kier molecular flexibility index (Phi) is 5.66. The lowest BCUT2D eigenvalue weighted by atomic mass is 10.1. The Balaban J connectivity index is 2.02. The highest BCUT2D eigenvalue weighted by Crippen LogP contribution is 2.37. The number of carbonyl (C=O) groups is 1. The van der Waals surface area contributed by atoms with Crippen molar-refractivity contribution in [3.63, 3.8) is 0 Å². The molecule has 0 aliphatic carbocycles. The van der Waals surface area contributed by atoms with Crippen molar-refractivity contribution in [3.8, 4) is 5.75 Å². The van der Waals surface area contributed by atoms with Crippen LogP contribution in [0.1, 0.15) is 11.1 Å². The summed E-state index contributed by atoms with van der Waals surface area (Å²) in [6, 6.07) is 12.3. The van der Waals surface area contributed by atoms with Crippen molar-refractivity contribution in [3.05, 3.63) is 63.5 Å². The van der Waals surface area contributed by atoms with Crippen molar-refractivity contribution >= 4 is 46.2 Å². The Morgan fingerprint density at radius 1 is 1.27 bits per heavy atom. The molecule has 2 N–H and O–H groups in total. The highest BCUT2D eigenvalue weighted by atomic mass is 35.5. The van der Waals surface area contributed by atoms with E-state index in [4.69, 9.17) is 16.7 Å². The number of aliphatic hydroxyl groups excluding tert-OH is 1. The fraction of sp³-hybridized carbons (Fsp3) is 0.158. The van der Waals surface area contributed by atoms with Gasteiger partial charge in [0.05, 0.1) is 28.8 Å². The topological polar surface area (TPSA) is 73.1 Å². The van der Waals surface area contributed by atoms with E-state index in [1.165, 1.54) is 17.8 Å². The third kappa shape index (κ3) is 3.77. The molecule has 1 aliphatic rings. The van der Waals surface area contributed by atoms with Gasteiger partial charge in [-0.2, -0.15) is 0 Å². The number of hydrogen-bond donors (Lipinski definition) is 2. The van der Waals surface area contributed by atoms with Gasteiger partial charge in [-0.25, -0.2) is 0 Å². The predicted molar refractivity (Wildman–Crippen MR) is 107 cm³/mol. The van der Waals surface area contributed by atoms with E-state index in [9.17, 15) is 9.90 Å². The molecule has 0 aromatic heterocycles. The van der Waals surface area contributed by atoms with E-state index in [1.807, 2.05) is 31.2 Å². The molecule has 5 nitrogen and oxygen atoms in total. The van der Waals surface area contributed by atoms with Crippen LogP contribution in [0.25, 0.3) is 6.08 Å². The SMILES string of the molecule is Cc1ccccc1N1C(=O)/C(=C/c2ccc(O)c(Cl)c2)SC1=NCCO. The summed E-state index contributed by atoms with van der Waals surface area (Å²) in [4.78, 5) is 19.4. The monoisotopic (exact) mass is 388 g/mol. The lowest BCUT2D eigenvalue weighted by molar-refractivity contribution is -0.113. The maximum Gasteiger partial charge on any atom is 0.271 e. The smallest absolute Gasteiger partial charge is 0.271 e. The van der Waals surface area contributed by atoms with E-state index in [-0.39, 0.29) is 29.8 Å². The van der Waals surface area contributed by atoms with Crippen molar-refractivity contribution in [2.75, 3.05) is 18.1 Å². The number of anilines is 1. The molecule has 1 saturated heterocycles. The van der Waals surface area contributed by atoms with Gasteiger partial charge in [0.15, 0.2) is 5.17 Å². The Morgan fingerprint density at radius 2 is 2.04 bits per heavy atom. The maximum atomic E-state index is 13.0. The van der Waals surface area contributed by atoms with Gasteiger partial charge in [-0.3, -0.25) is 14.7 Å². The summed E-state index contributed by atoms with van der Waals surface area (Å²) in [6.45, 7) is 2.06. The van der Waals surface area contributed by atoms with Crippen LogP contribution in [0.15, 0.2) is 52.4 Å². The van der Waals surface area contributed by atoms with Crippen LogP contribution in [0.5, 0.6) is 5.75 Å². The number of aliphatic hydroxyl groups is 1. The number of para-hydroxylation sites is 1. The number of amidine groups is 1. The zero-order valence-corrected chi connectivity index (χ0v) is 15.6. The minimum Gasteiger partial charge on any atom is -0.506 e. The lowest BCUT2D eigenvalue weighted by Gasteiger charge is -2.17. The van der Waals surface area contributed by atoms with Gasteiger partial charge in [0.2, 0.25) is 0 Å². The predicted octanol–water partition coefficient (Wildman–Crippen LogP) is 3.82. The molecule has 134 valence electrons. The van der Waals surface area contributed by atoms with E-state index in [2.05, 4.69) is 4.99 Å². The Bertz CT molecular complexity index is 911. The molecular weight excluding hydrogens is 372 g/mol. The molecule has 1 fully saturated rings. The van der Waals surface area contributed by atoms with Gasteiger partial charge in [-0.15, -0.1) is 0 Å². The van der Waals surface area contributed by atoms with Gasteiger partial charge in [-0.05, 0) is 54.1 Å². The molecule has 1 heterocycles. The molecule has 1 amide bonds. The summed E-state index contributed by atoms with van der Waals surface area (Å²) >= 11 is 7.19. The van der Waals surface area contributed by atoms with Crippen molar-refractivity contribution in [1.82, 2.24) is 0 Å². The number of nitrogens with zero attached hydrogens (tertiary/aromatic N) is 2. The summed E-state index contributed by atoms with van der Waals surface area (Å²) in [5.74, 6) is -0.198. The standard InChI is InChI=1S/C19H17ClN2O3S/c1-12-4-2-3-5-15(12)22-18(25)17(26-19(22)21-8-9-23)11-13-6-7-16(24)14(20)10-13/h2-7,10-11,23-24H,8-9H2,1H3/b17-11-,21-19?. The van der Waals surface area contributed by atoms with Crippen LogP contribution in [0.3, 0.4) is 0 Å². The van der Waals surface area contributed by atoms with E-state index < -0.39 is 0 Å². The maximum absolute atomic E-state index is 13.0. The number of halogens is 1. The Labute approximate surface area is 160 Å². The highest BCUT2D eigenvalue weighted by molar-refractivity contribution is 8.19. The second-order valence-corrected chi connectivity index (χ2v) is 7.05. The molecule has 3 rings (SSSR count). The number of aliphatic imine (C=N–C) groups is 1. The van der Waals surface area contributed by atoms with E-state index in [0.717, 1.165) is 11.3 Å².